The normalized spacial score (nSPS) is 10.7. The number of carbonyl (C=O) groups is 1. The molecule has 1 amide bonds. The summed E-state index contributed by atoms with van der Waals surface area (Å²) in [5, 5.41) is 9.74. The lowest BCUT2D eigenvalue weighted by atomic mass is 10.2. The lowest BCUT2D eigenvalue weighted by Gasteiger charge is -2.07. The third-order valence-electron chi connectivity index (χ3n) is 4.20. The zero-order valence-corrected chi connectivity index (χ0v) is 16.5. The number of hydrogen-bond donors (Lipinski definition) is 1. The minimum absolute atomic E-state index is 0.228. The Morgan fingerprint density at radius 1 is 1.17 bits per heavy atom. The molecule has 0 aliphatic heterocycles. The topological polar surface area (TPSA) is 69.0 Å². The molecule has 29 heavy (non-hydrogen) atoms. The SMILES string of the molecule is COc1cccc(-c2csc(-n3nc(C)cc3NC(=O)c3cccc(F)c3)n2)c1. The van der Waals surface area contributed by atoms with Gasteiger partial charge in [0.05, 0.1) is 18.5 Å². The summed E-state index contributed by atoms with van der Waals surface area (Å²) in [5.41, 5.74) is 2.64. The first kappa shape index (κ1) is 18.8. The van der Waals surface area contributed by atoms with Crippen LogP contribution in [0.3, 0.4) is 0 Å². The molecule has 0 saturated carbocycles. The van der Waals surface area contributed by atoms with Gasteiger partial charge < -0.3 is 10.1 Å². The number of methoxy groups -OCH3 is 1. The molecule has 8 heteroatoms. The number of halogens is 1. The first-order valence-corrected chi connectivity index (χ1v) is 9.65. The average Bonchev–Trinajstić information content (AvgIpc) is 3.34. The van der Waals surface area contributed by atoms with Crippen LogP contribution in [0, 0.1) is 12.7 Å². The first-order chi connectivity index (χ1) is 14.0. The van der Waals surface area contributed by atoms with Crippen LogP contribution in [0.4, 0.5) is 10.2 Å². The van der Waals surface area contributed by atoms with Gasteiger partial charge in [0.25, 0.3) is 5.91 Å². The minimum atomic E-state index is -0.467. The van der Waals surface area contributed by atoms with Crippen molar-refractivity contribution in [3.8, 4) is 22.1 Å². The Hall–Kier alpha value is -3.52. The third kappa shape index (κ3) is 4.02. The number of hydrogen-bond acceptors (Lipinski definition) is 5. The van der Waals surface area contributed by atoms with E-state index in [1.807, 2.05) is 36.6 Å². The van der Waals surface area contributed by atoms with Crippen LogP contribution in [0.1, 0.15) is 16.1 Å². The second-order valence-electron chi connectivity index (χ2n) is 6.29. The van der Waals surface area contributed by atoms with E-state index in [1.165, 1.54) is 29.5 Å². The highest BCUT2D eigenvalue weighted by Crippen LogP contribution is 2.28. The summed E-state index contributed by atoms with van der Waals surface area (Å²) < 4.78 is 20.3. The van der Waals surface area contributed by atoms with Crippen molar-refractivity contribution in [1.29, 1.82) is 0 Å². The van der Waals surface area contributed by atoms with Crippen LogP contribution < -0.4 is 10.1 Å². The van der Waals surface area contributed by atoms with Gasteiger partial charge in [-0.25, -0.2) is 9.37 Å². The highest BCUT2D eigenvalue weighted by atomic mass is 32.1. The average molecular weight is 408 g/mol. The summed E-state index contributed by atoms with van der Waals surface area (Å²) >= 11 is 1.40. The molecule has 1 N–H and O–H groups in total. The van der Waals surface area contributed by atoms with Crippen LogP contribution in [-0.4, -0.2) is 27.8 Å². The largest absolute Gasteiger partial charge is 0.497 e. The lowest BCUT2D eigenvalue weighted by Crippen LogP contribution is -2.15. The summed E-state index contributed by atoms with van der Waals surface area (Å²) in [6.07, 6.45) is 0. The van der Waals surface area contributed by atoms with E-state index >= 15 is 0 Å². The van der Waals surface area contributed by atoms with Gasteiger partial charge in [-0.15, -0.1) is 11.3 Å². The Morgan fingerprint density at radius 3 is 2.79 bits per heavy atom. The van der Waals surface area contributed by atoms with E-state index in [4.69, 9.17) is 4.74 Å². The number of rotatable bonds is 5. The molecule has 0 spiro atoms. The molecule has 2 heterocycles. The van der Waals surface area contributed by atoms with E-state index in [1.54, 1.807) is 23.9 Å². The van der Waals surface area contributed by atoms with Crippen molar-refractivity contribution in [2.24, 2.45) is 0 Å². The number of benzene rings is 2. The highest BCUT2D eigenvalue weighted by Gasteiger charge is 2.16. The van der Waals surface area contributed by atoms with Crippen molar-refractivity contribution in [1.82, 2.24) is 14.8 Å². The van der Waals surface area contributed by atoms with Crippen molar-refractivity contribution in [3.63, 3.8) is 0 Å². The fraction of sp³-hybridized carbons (Fsp3) is 0.0952. The molecule has 2 aromatic carbocycles. The van der Waals surface area contributed by atoms with Crippen LogP contribution in [0.25, 0.3) is 16.4 Å². The molecular weight excluding hydrogens is 391 g/mol. The van der Waals surface area contributed by atoms with Crippen LogP contribution in [0.5, 0.6) is 5.75 Å². The quantitative estimate of drug-likeness (QED) is 0.520. The van der Waals surface area contributed by atoms with Gasteiger partial charge in [0.15, 0.2) is 0 Å². The van der Waals surface area contributed by atoms with E-state index in [0.29, 0.717) is 10.9 Å². The molecule has 0 bridgehead atoms. The zero-order valence-electron chi connectivity index (χ0n) is 15.7. The van der Waals surface area contributed by atoms with E-state index in [9.17, 15) is 9.18 Å². The van der Waals surface area contributed by atoms with Crippen molar-refractivity contribution < 1.29 is 13.9 Å². The van der Waals surface area contributed by atoms with E-state index in [2.05, 4.69) is 15.4 Å². The fourth-order valence-corrected chi connectivity index (χ4v) is 3.62. The summed E-state index contributed by atoms with van der Waals surface area (Å²) in [7, 11) is 1.62. The predicted molar refractivity (Wildman–Crippen MR) is 110 cm³/mol. The van der Waals surface area contributed by atoms with Crippen molar-refractivity contribution in [2.75, 3.05) is 12.4 Å². The number of aryl methyl sites for hydroxylation is 1. The smallest absolute Gasteiger partial charge is 0.256 e. The summed E-state index contributed by atoms with van der Waals surface area (Å²) in [6, 6.07) is 14.9. The molecule has 0 fully saturated rings. The highest BCUT2D eigenvalue weighted by molar-refractivity contribution is 7.12. The van der Waals surface area contributed by atoms with Gasteiger partial charge in [0.1, 0.15) is 17.4 Å². The molecule has 4 aromatic rings. The van der Waals surface area contributed by atoms with Gasteiger partial charge in [-0.1, -0.05) is 18.2 Å². The Kier molecular flexibility index (Phi) is 5.09. The Morgan fingerprint density at radius 2 is 2.00 bits per heavy atom. The molecule has 0 aliphatic carbocycles. The van der Waals surface area contributed by atoms with E-state index < -0.39 is 11.7 Å². The van der Waals surface area contributed by atoms with Gasteiger partial charge in [-0.3, -0.25) is 4.79 Å². The summed E-state index contributed by atoms with van der Waals surface area (Å²) in [5.74, 6) is 0.318. The number of ether oxygens (including phenoxy) is 1. The zero-order chi connectivity index (χ0) is 20.4. The molecule has 4 rings (SSSR count). The molecule has 0 radical (unpaired) electrons. The van der Waals surface area contributed by atoms with Crippen molar-refractivity contribution >= 4 is 23.1 Å². The molecule has 146 valence electrons. The van der Waals surface area contributed by atoms with Crippen LogP contribution in [0.15, 0.2) is 60.0 Å². The maximum atomic E-state index is 13.4. The van der Waals surface area contributed by atoms with Crippen molar-refractivity contribution in [2.45, 2.75) is 6.92 Å². The van der Waals surface area contributed by atoms with E-state index in [-0.39, 0.29) is 5.56 Å². The molecule has 6 nitrogen and oxygen atoms in total. The van der Waals surface area contributed by atoms with Gasteiger partial charge in [0.2, 0.25) is 5.13 Å². The van der Waals surface area contributed by atoms with Gasteiger partial charge >= 0.3 is 0 Å². The number of nitrogens with one attached hydrogen (secondary N) is 1. The first-order valence-electron chi connectivity index (χ1n) is 8.77. The fourth-order valence-electron chi connectivity index (χ4n) is 2.83. The van der Waals surface area contributed by atoms with Gasteiger partial charge in [-0.2, -0.15) is 9.78 Å². The number of anilines is 1. The molecule has 0 aliphatic rings. The Bertz CT molecular complexity index is 1180. The van der Waals surface area contributed by atoms with Gasteiger partial charge in [0, 0.05) is 22.6 Å². The molecule has 0 unspecified atom stereocenters. The maximum Gasteiger partial charge on any atom is 0.256 e. The molecule has 0 atom stereocenters. The van der Waals surface area contributed by atoms with Crippen molar-refractivity contribution in [3.05, 3.63) is 77.1 Å². The Labute approximate surface area is 170 Å². The summed E-state index contributed by atoms with van der Waals surface area (Å²) in [6.45, 7) is 1.82. The van der Waals surface area contributed by atoms with Gasteiger partial charge in [-0.05, 0) is 37.3 Å². The standard InChI is InChI=1S/C21H17FN4O2S/c1-13-9-19(24-20(27)15-6-3-7-16(22)10-15)26(25-13)21-23-18(12-29-21)14-5-4-8-17(11-14)28-2/h3-12H,1-2H3,(H,24,27). The Balaban J connectivity index is 1.63. The number of nitrogens with zero attached hydrogens (tertiary/aromatic N) is 3. The molecule has 2 aromatic heterocycles. The minimum Gasteiger partial charge on any atom is -0.497 e. The second kappa shape index (κ2) is 7.84. The predicted octanol–water partition coefficient (Wildman–Crippen LogP) is 4.70. The maximum absolute atomic E-state index is 13.4. The third-order valence-corrected chi connectivity index (χ3v) is 5.01. The summed E-state index contributed by atoms with van der Waals surface area (Å²) in [4.78, 5) is 17.2. The van der Waals surface area contributed by atoms with E-state index in [0.717, 1.165) is 22.7 Å². The molecule has 0 saturated heterocycles. The monoisotopic (exact) mass is 408 g/mol. The number of aromatic nitrogens is 3. The lowest BCUT2D eigenvalue weighted by molar-refractivity contribution is 0.102. The number of thiazole rings is 1. The van der Waals surface area contributed by atoms with Crippen LogP contribution in [-0.2, 0) is 0 Å². The van der Waals surface area contributed by atoms with Crippen LogP contribution >= 0.6 is 11.3 Å². The molecular formula is C21H17FN4O2S. The number of amides is 1. The number of carbonyl (C=O) groups excluding carboxylic acids is 1. The second-order valence-corrected chi connectivity index (χ2v) is 7.13. The van der Waals surface area contributed by atoms with Crippen LogP contribution in [0.2, 0.25) is 0 Å².